The van der Waals surface area contributed by atoms with E-state index < -0.39 is 27.8 Å². The Balaban J connectivity index is 1.51. The largest absolute Gasteiger partial charge is 0.342 e. The summed E-state index contributed by atoms with van der Waals surface area (Å²) in [5.74, 6) is -0.316. The second-order valence-electron chi connectivity index (χ2n) is 6.97. The number of para-hydroxylation sites is 2. The van der Waals surface area contributed by atoms with Crippen molar-refractivity contribution in [2.45, 2.75) is 17.9 Å². The second-order valence-corrected chi connectivity index (χ2v) is 8.66. The van der Waals surface area contributed by atoms with Crippen LogP contribution in [0.25, 0.3) is 11.0 Å². The fraction of sp³-hybridized carbons (Fsp3) is 0.0909. The lowest BCUT2D eigenvalue weighted by Gasteiger charge is -2.13. The molecule has 1 amide bonds. The number of benzene rings is 3. The van der Waals surface area contributed by atoms with Gasteiger partial charge < -0.3 is 10.3 Å². The molecule has 0 aliphatic carbocycles. The van der Waals surface area contributed by atoms with E-state index in [1.807, 2.05) is 24.3 Å². The van der Waals surface area contributed by atoms with Crippen molar-refractivity contribution in [1.29, 1.82) is 0 Å². The minimum Gasteiger partial charge on any atom is -0.342 e. The first-order valence-corrected chi connectivity index (χ1v) is 10.9. The molecule has 1 atom stereocenters. The summed E-state index contributed by atoms with van der Waals surface area (Å²) in [6.45, 7) is 1.78. The lowest BCUT2D eigenvalue weighted by molar-refractivity contribution is 0.0938. The van der Waals surface area contributed by atoms with Crippen LogP contribution in [0.5, 0.6) is 0 Å². The van der Waals surface area contributed by atoms with E-state index in [-0.39, 0.29) is 16.1 Å². The highest BCUT2D eigenvalue weighted by Gasteiger charge is 2.19. The minimum absolute atomic E-state index is 0.0825. The fourth-order valence-electron chi connectivity index (χ4n) is 3.06. The number of anilines is 1. The Kier molecular flexibility index (Phi) is 5.43. The third-order valence-electron chi connectivity index (χ3n) is 4.67. The number of sulfonamides is 1. The van der Waals surface area contributed by atoms with Crippen LogP contribution in [0, 0.1) is 5.82 Å². The number of carbonyl (C=O) groups excluding carboxylic acids is 1. The van der Waals surface area contributed by atoms with Crippen molar-refractivity contribution < 1.29 is 17.6 Å². The number of rotatable bonds is 6. The normalized spacial score (nSPS) is 12.5. The van der Waals surface area contributed by atoms with Crippen LogP contribution in [0.3, 0.4) is 0 Å². The van der Waals surface area contributed by atoms with E-state index in [1.165, 1.54) is 36.4 Å². The molecular formula is C22H19FN4O3S. The van der Waals surface area contributed by atoms with Gasteiger partial charge >= 0.3 is 0 Å². The maximum absolute atomic E-state index is 13.0. The number of hydrogen-bond donors (Lipinski definition) is 3. The highest BCUT2D eigenvalue weighted by atomic mass is 32.2. The lowest BCUT2D eigenvalue weighted by Crippen LogP contribution is -2.27. The number of hydrogen-bond acceptors (Lipinski definition) is 4. The van der Waals surface area contributed by atoms with E-state index in [1.54, 1.807) is 6.92 Å². The quantitative estimate of drug-likeness (QED) is 0.423. The van der Waals surface area contributed by atoms with Crippen LogP contribution in [0.4, 0.5) is 10.1 Å². The fourth-order valence-corrected chi connectivity index (χ4v) is 4.17. The summed E-state index contributed by atoms with van der Waals surface area (Å²) in [6, 6.07) is 17.7. The van der Waals surface area contributed by atoms with Gasteiger partial charge in [-0.15, -0.1) is 0 Å². The first-order chi connectivity index (χ1) is 14.8. The molecule has 0 saturated carbocycles. The van der Waals surface area contributed by atoms with Gasteiger partial charge in [0.15, 0.2) is 0 Å². The van der Waals surface area contributed by atoms with Crippen molar-refractivity contribution in [2.75, 3.05) is 4.72 Å². The highest BCUT2D eigenvalue weighted by Crippen LogP contribution is 2.19. The number of H-pyrrole nitrogens is 1. The average Bonchev–Trinajstić information content (AvgIpc) is 3.20. The van der Waals surface area contributed by atoms with E-state index >= 15 is 0 Å². The molecule has 0 spiro atoms. The standard InChI is InChI=1S/C22H19FN4O3S/c1-14(21-25-19-7-2-3-8-20(19)26-21)24-22(28)15-5-4-6-18(13-15)31(29,30)27-17-11-9-16(23)10-12-17/h2-14,27H,1H3,(H,24,28)(H,25,26). The monoisotopic (exact) mass is 438 g/mol. The number of aromatic nitrogens is 2. The first-order valence-electron chi connectivity index (χ1n) is 9.46. The van der Waals surface area contributed by atoms with Crippen LogP contribution >= 0.6 is 0 Å². The van der Waals surface area contributed by atoms with E-state index in [0.717, 1.165) is 23.2 Å². The van der Waals surface area contributed by atoms with Crippen LogP contribution < -0.4 is 10.0 Å². The van der Waals surface area contributed by atoms with Crippen molar-refractivity contribution in [2.24, 2.45) is 0 Å². The highest BCUT2D eigenvalue weighted by molar-refractivity contribution is 7.92. The van der Waals surface area contributed by atoms with Crippen LogP contribution in [-0.2, 0) is 10.0 Å². The van der Waals surface area contributed by atoms with Crippen molar-refractivity contribution in [3.63, 3.8) is 0 Å². The Bertz CT molecular complexity index is 1320. The van der Waals surface area contributed by atoms with E-state index in [4.69, 9.17) is 0 Å². The third-order valence-corrected chi connectivity index (χ3v) is 6.05. The molecule has 3 aromatic carbocycles. The molecule has 0 bridgehead atoms. The second kappa shape index (κ2) is 8.19. The minimum atomic E-state index is -3.95. The van der Waals surface area contributed by atoms with Crippen molar-refractivity contribution in [3.8, 4) is 0 Å². The predicted molar refractivity (Wildman–Crippen MR) is 116 cm³/mol. The van der Waals surface area contributed by atoms with E-state index in [2.05, 4.69) is 20.0 Å². The molecule has 1 unspecified atom stereocenters. The lowest BCUT2D eigenvalue weighted by atomic mass is 10.2. The Morgan fingerprint density at radius 2 is 1.77 bits per heavy atom. The van der Waals surface area contributed by atoms with E-state index in [9.17, 15) is 17.6 Å². The van der Waals surface area contributed by atoms with E-state index in [0.29, 0.717) is 5.82 Å². The van der Waals surface area contributed by atoms with Gasteiger partial charge in [-0.1, -0.05) is 18.2 Å². The van der Waals surface area contributed by atoms with Gasteiger partial charge in [0.05, 0.1) is 22.0 Å². The first kappa shape index (κ1) is 20.5. The zero-order chi connectivity index (χ0) is 22.0. The smallest absolute Gasteiger partial charge is 0.261 e. The van der Waals surface area contributed by atoms with Crippen LogP contribution in [0.15, 0.2) is 77.7 Å². The Labute approximate surface area is 178 Å². The molecule has 7 nitrogen and oxygen atoms in total. The van der Waals surface area contributed by atoms with Gasteiger partial charge in [0, 0.05) is 11.3 Å². The van der Waals surface area contributed by atoms with Crippen molar-refractivity contribution in [3.05, 3.63) is 90.0 Å². The third kappa shape index (κ3) is 4.56. The van der Waals surface area contributed by atoms with Gasteiger partial charge in [-0.3, -0.25) is 9.52 Å². The molecule has 0 saturated heterocycles. The number of aromatic amines is 1. The molecule has 0 radical (unpaired) electrons. The predicted octanol–water partition coefficient (Wildman–Crippen LogP) is 3.99. The number of carbonyl (C=O) groups is 1. The SMILES string of the molecule is CC(NC(=O)c1cccc(S(=O)(=O)Nc2ccc(F)cc2)c1)c1nc2ccccc2[nH]1. The summed E-state index contributed by atoms with van der Waals surface area (Å²) in [5, 5.41) is 2.82. The number of nitrogens with one attached hydrogen (secondary N) is 3. The molecule has 4 aromatic rings. The summed E-state index contributed by atoms with van der Waals surface area (Å²) in [5.41, 5.74) is 2.05. The number of amides is 1. The summed E-state index contributed by atoms with van der Waals surface area (Å²) in [6.07, 6.45) is 0. The summed E-state index contributed by atoms with van der Waals surface area (Å²) >= 11 is 0. The topological polar surface area (TPSA) is 104 Å². The van der Waals surface area contributed by atoms with Gasteiger partial charge in [-0.05, 0) is 61.5 Å². The maximum Gasteiger partial charge on any atom is 0.261 e. The Hall–Kier alpha value is -3.72. The summed E-state index contributed by atoms with van der Waals surface area (Å²) < 4.78 is 40.7. The molecule has 3 N–H and O–H groups in total. The Morgan fingerprint density at radius 1 is 1.03 bits per heavy atom. The van der Waals surface area contributed by atoms with Gasteiger partial charge in [0.2, 0.25) is 0 Å². The molecule has 9 heteroatoms. The summed E-state index contributed by atoms with van der Waals surface area (Å²) in [4.78, 5) is 20.3. The molecule has 158 valence electrons. The van der Waals surface area contributed by atoms with Crippen LogP contribution in [0.2, 0.25) is 0 Å². The van der Waals surface area contributed by atoms with Crippen molar-refractivity contribution >= 4 is 32.7 Å². The molecule has 1 heterocycles. The van der Waals surface area contributed by atoms with Crippen LogP contribution in [-0.4, -0.2) is 24.3 Å². The maximum atomic E-state index is 13.0. The van der Waals surface area contributed by atoms with Crippen molar-refractivity contribution in [1.82, 2.24) is 15.3 Å². The van der Waals surface area contributed by atoms with Gasteiger partial charge in [-0.2, -0.15) is 0 Å². The molecule has 31 heavy (non-hydrogen) atoms. The molecule has 4 rings (SSSR count). The summed E-state index contributed by atoms with van der Waals surface area (Å²) in [7, 11) is -3.95. The number of halogens is 1. The molecule has 0 aliphatic heterocycles. The van der Waals surface area contributed by atoms with Gasteiger partial charge in [0.25, 0.3) is 15.9 Å². The van der Waals surface area contributed by atoms with Crippen LogP contribution in [0.1, 0.15) is 29.1 Å². The molecule has 0 fully saturated rings. The van der Waals surface area contributed by atoms with Gasteiger partial charge in [-0.25, -0.2) is 17.8 Å². The molecular weight excluding hydrogens is 419 g/mol. The number of nitrogens with zero attached hydrogens (tertiary/aromatic N) is 1. The van der Waals surface area contributed by atoms with Gasteiger partial charge in [0.1, 0.15) is 11.6 Å². The Morgan fingerprint density at radius 3 is 2.52 bits per heavy atom. The zero-order valence-corrected chi connectivity index (χ0v) is 17.3. The average molecular weight is 438 g/mol. The molecule has 0 aliphatic rings. The zero-order valence-electron chi connectivity index (χ0n) is 16.5. The number of fused-ring (bicyclic) bond motifs is 1. The number of imidazole rings is 1. The molecule has 1 aromatic heterocycles.